The van der Waals surface area contributed by atoms with Crippen molar-refractivity contribution in [1.29, 1.82) is 0 Å². The molecular weight excluding hydrogens is 458 g/mol. The van der Waals surface area contributed by atoms with E-state index in [9.17, 15) is 9.90 Å². The van der Waals surface area contributed by atoms with Crippen LogP contribution in [0.1, 0.15) is 87.7 Å². The van der Waals surface area contributed by atoms with Crippen LogP contribution in [-0.4, -0.2) is 54.6 Å². The smallest absolute Gasteiger partial charge is 0.362 e. The minimum Gasteiger partial charge on any atom is -0.472 e. The molecule has 194 valence electrons. The van der Waals surface area contributed by atoms with E-state index in [4.69, 9.17) is 9.47 Å². The number of nitrogens with zero attached hydrogens (tertiary/aromatic N) is 4. The highest BCUT2D eigenvalue weighted by molar-refractivity contribution is 5.89. The molecule has 1 saturated carbocycles. The van der Waals surface area contributed by atoms with Crippen LogP contribution in [0, 0.1) is 0 Å². The fraction of sp³-hybridized carbons (Fsp3) is 0.556. The Balaban J connectivity index is 1.36. The molecule has 1 aliphatic carbocycles. The molecule has 0 amide bonds. The van der Waals surface area contributed by atoms with Crippen molar-refractivity contribution in [2.45, 2.75) is 89.9 Å². The highest BCUT2D eigenvalue weighted by Crippen LogP contribution is 2.35. The van der Waals surface area contributed by atoms with Crippen LogP contribution < -0.4 is 4.74 Å². The first-order valence-corrected chi connectivity index (χ1v) is 13.1. The molecule has 4 rings (SSSR count). The fourth-order valence-corrected chi connectivity index (χ4v) is 5.05. The van der Waals surface area contributed by atoms with E-state index in [1.165, 1.54) is 5.56 Å². The second-order valence-corrected chi connectivity index (χ2v) is 9.63. The summed E-state index contributed by atoms with van der Waals surface area (Å²) in [7, 11) is 0. The van der Waals surface area contributed by atoms with Gasteiger partial charge in [-0.15, -0.1) is 0 Å². The van der Waals surface area contributed by atoms with Crippen molar-refractivity contribution in [2.24, 2.45) is 0 Å². The van der Waals surface area contributed by atoms with Crippen LogP contribution in [0.5, 0.6) is 5.88 Å². The first kappa shape index (κ1) is 25.9. The van der Waals surface area contributed by atoms with Gasteiger partial charge in [-0.25, -0.2) is 9.89 Å². The Morgan fingerprint density at radius 2 is 1.89 bits per heavy atom. The molecule has 1 aliphatic rings. The van der Waals surface area contributed by atoms with E-state index >= 15 is 0 Å². The van der Waals surface area contributed by atoms with Crippen molar-refractivity contribution >= 4 is 5.97 Å². The standard InChI is InChI=1S/C27H37N5O4/c1-4-16-27(34,5-2)18-32-23(15-17-28-32)21-9-7-19(8-10-21)20-11-13-22(14-12-20)36-25-24(29-31-30-25)26(33)35-6-3/h7-10,15,17,20,22,34H,4-6,11-14,16,18H2,1-3H3,(H,29,30,31). The lowest BCUT2D eigenvalue weighted by Crippen LogP contribution is -2.34. The minimum absolute atomic E-state index is 0.00594. The molecule has 2 N–H and O–H groups in total. The highest BCUT2D eigenvalue weighted by atomic mass is 16.5. The molecule has 36 heavy (non-hydrogen) atoms. The van der Waals surface area contributed by atoms with Crippen LogP contribution >= 0.6 is 0 Å². The van der Waals surface area contributed by atoms with E-state index in [2.05, 4.69) is 51.7 Å². The molecule has 0 saturated heterocycles. The van der Waals surface area contributed by atoms with Gasteiger partial charge in [-0.1, -0.05) is 54.8 Å². The molecule has 1 aromatic carbocycles. The molecular formula is C27H37N5O4. The van der Waals surface area contributed by atoms with Gasteiger partial charge < -0.3 is 14.6 Å². The number of esters is 1. The highest BCUT2D eigenvalue weighted by Gasteiger charge is 2.28. The predicted molar refractivity (Wildman–Crippen MR) is 136 cm³/mol. The van der Waals surface area contributed by atoms with Crippen molar-refractivity contribution in [3.8, 4) is 17.1 Å². The summed E-state index contributed by atoms with van der Waals surface area (Å²) in [5, 5.41) is 25.6. The van der Waals surface area contributed by atoms with Crippen molar-refractivity contribution in [1.82, 2.24) is 25.2 Å². The lowest BCUT2D eigenvalue weighted by atomic mass is 9.82. The normalized spacial score (nSPS) is 19.6. The number of aromatic nitrogens is 5. The lowest BCUT2D eigenvalue weighted by Gasteiger charge is -2.29. The number of hydrogen-bond donors (Lipinski definition) is 2. The van der Waals surface area contributed by atoms with Gasteiger partial charge >= 0.3 is 5.97 Å². The summed E-state index contributed by atoms with van der Waals surface area (Å²) in [5.41, 5.74) is 2.86. The summed E-state index contributed by atoms with van der Waals surface area (Å²) in [6, 6.07) is 10.7. The van der Waals surface area contributed by atoms with Gasteiger partial charge in [0.15, 0.2) is 0 Å². The molecule has 0 aliphatic heterocycles. The van der Waals surface area contributed by atoms with Crippen LogP contribution in [0.15, 0.2) is 36.5 Å². The third-order valence-electron chi connectivity index (χ3n) is 7.16. The summed E-state index contributed by atoms with van der Waals surface area (Å²) >= 11 is 0. The van der Waals surface area contributed by atoms with Gasteiger partial charge in [0.05, 0.1) is 24.4 Å². The van der Waals surface area contributed by atoms with Gasteiger partial charge in [0.1, 0.15) is 6.10 Å². The third kappa shape index (κ3) is 5.95. The van der Waals surface area contributed by atoms with Gasteiger partial charge in [0.2, 0.25) is 5.69 Å². The number of H-pyrrole nitrogens is 1. The van der Waals surface area contributed by atoms with E-state index < -0.39 is 11.6 Å². The van der Waals surface area contributed by atoms with Gasteiger partial charge in [-0.05, 0) is 68.6 Å². The number of carbonyl (C=O) groups is 1. The molecule has 0 radical (unpaired) electrons. The van der Waals surface area contributed by atoms with Crippen molar-refractivity contribution in [2.75, 3.05) is 6.61 Å². The van der Waals surface area contributed by atoms with Crippen LogP contribution in [0.2, 0.25) is 0 Å². The summed E-state index contributed by atoms with van der Waals surface area (Å²) in [6.45, 7) is 6.65. The van der Waals surface area contributed by atoms with E-state index in [0.717, 1.165) is 49.8 Å². The fourth-order valence-electron chi connectivity index (χ4n) is 5.05. The quantitative estimate of drug-likeness (QED) is 0.364. The predicted octanol–water partition coefficient (Wildman–Crippen LogP) is 4.89. The number of benzene rings is 1. The van der Waals surface area contributed by atoms with Crippen molar-refractivity contribution < 1.29 is 19.4 Å². The Bertz CT molecular complexity index is 1120. The minimum atomic E-state index is -0.737. The van der Waals surface area contributed by atoms with Gasteiger partial charge in [-0.3, -0.25) is 4.68 Å². The second-order valence-electron chi connectivity index (χ2n) is 9.63. The Morgan fingerprint density at radius 1 is 1.14 bits per heavy atom. The zero-order valence-corrected chi connectivity index (χ0v) is 21.4. The SMILES string of the molecule is CCCC(O)(CC)Cn1nccc1-c1ccc(C2CCC(Oc3nn[nH]c3C(=O)OCC)CC2)cc1. The zero-order valence-electron chi connectivity index (χ0n) is 21.4. The first-order valence-electron chi connectivity index (χ1n) is 13.1. The summed E-state index contributed by atoms with van der Waals surface area (Å²) in [4.78, 5) is 12.0. The molecule has 1 atom stereocenters. The number of rotatable bonds is 11. The lowest BCUT2D eigenvalue weighted by molar-refractivity contribution is 0.00713. The van der Waals surface area contributed by atoms with Crippen LogP contribution in [0.4, 0.5) is 0 Å². The van der Waals surface area contributed by atoms with Gasteiger partial charge in [0, 0.05) is 6.20 Å². The van der Waals surface area contributed by atoms with E-state index in [1.54, 1.807) is 13.1 Å². The van der Waals surface area contributed by atoms with E-state index in [-0.39, 0.29) is 24.3 Å². The number of carbonyl (C=O) groups excluding carboxylic acids is 1. The van der Waals surface area contributed by atoms with E-state index in [1.807, 2.05) is 17.7 Å². The van der Waals surface area contributed by atoms with Gasteiger partial charge in [0.25, 0.3) is 5.88 Å². The molecule has 2 heterocycles. The second kappa shape index (κ2) is 11.7. The third-order valence-corrected chi connectivity index (χ3v) is 7.16. The average molecular weight is 496 g/mol. The number of ether oxygens (including phenoxy) is 2. The van der Waals surface area contributed by atoms with Crippen molar-refractivity contribution in [3.05, 3.63) is 47.8 Å². The Morgan fingerprint density at radius 3 is 2.56 bits per heavy atom. The largest absolute Gasteiger partial charge is 0.472 e. The summed E-state index contributed by atoms with van der Waals surface area (Å²) < 4.78 is 12.9. The maximum absolute atomic E-state index is 12.0. The number of aliphatic hydroxyl groups is 1. The molecule has 0 bridgehead atoms. The Hall–Kier alpha value is -3.20. The Kier molecular flexibility index (Phi) is 8.40. The van der Waals surface area contributed by atoms with Crippen LogP contribution in [-0.2, 0) is 11.3 Å². The summed E-state index contributed by atoms with van der Waals surface area (Å²) in [6.07, 6.45) is 7.94. The number of hydrogen-bond acceptors (Lipinski definition) is 7. The molecule has 3 aromatic rings. The Labute approximate surface area is 212 Å². The molecule has 0 spiro atoms. The zero-order chi connectivity index (χ0) is 25.5. The first-order chi connectivity index (χ1) is 17.5. The topological polar surface area (TPSA) is 115 Å². The molecule has 2 aromatic heterocycles. The maximum Gasteiger partial charge on any atom is 0.362 e. The van der Waals surface area contributed by atoms with E-state index in [0.29, 0.717) is 18.9 Å². The van der Waals surface area contributed by atoms with Crippen LogP contribution in [0.3, 0.4) is 0 Å². The van der Waals surface area contributed by atoms with Gasteiger partial charge in [-0.2, -0.15) is 5.10 Å². The molecule has 1 unspecified atom stereocenters. The molecule has 9 nitrogen and oxygen atoms in total. The monoisotopic (exact) mass is 495 g/mol. The summed E-state index contributed by atoms with van der Waals surface area (Å²) in [5.74, 6) is 0.171. The average Bonchev–Trinajstić information content (AvgIpc) is 3.54. The van der Waals surface area contributed by atoms with Crippen LogP contribution in [0.25, 0.3) is 11.3 Å². The number of nitrogens with one attached hydrogen (secondary N) is 1. The van der Waals surface area contributed by atoms with Crippen molar-refractivity contribution in [3.63, 3.8) is 0 Å². The number of aromatic amines is 1. The molecule has 9 heteroatoms. The molecule has 1 fully saturated rings. The maximum atomic E-state index is 12.0.